The number of H-pyrrole nitrogens is 2. The number of hydrogen-bond donors (Lipinski definition) is 2. The van der Waals surface area contributed by atoms with Crippen LogP contribution in [0.1, 0.15) is 22.4 Å². The molecule has 0 spiro atoms. The molecule has 2 heterocycles. The second kappa shape index (κ2) is 7.75. The number of nitrogens with one attached hydrogen (secondary N) is 2. The highest BCUT2D eigenvalue weighted by Crippen LogP contribution is 2.35. The van der Waals surface area contributed by atoms with Gasteiger partial charge < -0.3 is 9.72 Å². The molecule has 142 valence electrons. The first-order chi connectivity index (χ1) is 13.6. The molecule has 0 amide bonds. The molecule has 0 bridgehead atoms. The van der Waals surface area contributed by atoms with E-state index in [2.05, 4.69) is 37.8 Å². The van der Waals surface area contributed by atoms with Crippen LogP contribution in [0.4, 0.5) is 4.39 Å². The Hall–Kier alpha value is -2.68. The minimum atomic E-state index is -0.414. The Morgan fingerprint density at radius 2 is 2.00 bits per heavy atom. The van der Waals surface area contributed by atoms with Crippen LogP contribution in [-0.4, -0.2) is 15.2 Å². The predicted molar refractivity (Wildman–Crippen MR) is 115 cm³/mol. The van der Waals surface area contributed by atoms with Crippen molar-refractivity contribution in [3.63, 3.8) is 0 Å². The lowest BCUT2D eigenvalue weighted by molar-refractivity contribution is 0.438. The summed E-state index contributed by atoms with van der Waals surface area (Å²) in [4.78, 5) is 14.6. The van der Waals surface area contributed by atoms with E-state index in [9.17, 15) is 4.79 Å². The molecular weight excluding hydrogens is 472 g/mol. The van der Waals surface area contributed by atoms with Crippen LogP contribution in [0.2, 0.25) is 0 Å². The van der Waals surface area contributed by atoms with Crippen molar-refractivity contribution in [3.05, 3.63) is 87.2 Å². The van der Waals surface area contributed by atoms with Gasteiger partial charge in [-0.15, -0.1) is 0 Å². The second-order valence-corrected chi connectivity index (χ2v) is 7.27. The molecule has 4 aromatic rings. The van der Waals surface area contributed by atoms with Gasteiger partial charge in [0.15, 0.2) is 17.3 Å². The number of para-hydroxylation sites is 1. The third-order valence-corrected chi connectivity index (χ3v) is 5.40. The lowest BCUT2D eigenvalue weighted by Gasteiger charge is -2.14. The van der Waals surface area contributed by atoms with Crippen LogP contribution >= 0.6 is 22.6 Å². The SMILES string of the molecule is Cc1cc(Cc2ccc(CI)c(Oc3cccc4cc[nH]c34)c2F)n[nH]c1=O. The number of rotatable bonds is 5. The maximum Gasteiger partial charge on any atom is 0.267 e. The minimum Gasteiger partial charge on any atom is -0.452 e. The van der Waals surface area contributed by atoms with E-state index in [4.69, 9.17) is 4.74 Å². The van der Waals surface area contributed by atoms with Crippen LogP contribution in [0, 0.1) is 12.7 Å². The Morgan fingerprint density at radius 3 is 2.79 bits per heavy atom. The lowest BCUT2D eigenvalue weighted by Crippen LogP contribution is -2.13. The van der Waals surface area contributed by atoms with Gasteiger partial charge >= 0.3 is 0 Å². The van der Waals surface area contributed by atoms with Crippen LogP contribution in [0.5, 0.6) is 11.5 Å². The molecule has 2 aromatic heterocycles. The lowest BCUT2D eigenvalue weighted by atomic mass is 10.0. The smallest absolute Gasteiger partial charge is 0.267 e. The zero-order valence-corrected chi connectivity index (χ0v) is 17.2. The normalized spacial score (nSPS) is 11.1. The fourth-order valence-electron chi connectivity index (χ4n) is 3.08. The molecule has 0 aliphatic rings. The van der Waals surface area contributed by atoms with E-state index in [-0.39, 0.29) is 17.7 Å². The third-order valence-electron chi connectivity index (χ3n) is 4.58. The number of aryl methyl sites for hydroxylation is 1. The van der Waals surface area contributed by atoms with Crippen molar-refractivity contribution in [2.45, 2.75) is 17.8 Å². The highest BCUT2D eigenvalue weighted by Gasteiger charge is 2.17. The summed E-state index contributed by atoms with van der Waals surface area (Å²) in [6.45, 7) is 1.70. The Kier molecular flexibility index (Phi) is 5.17. The predicted octanol–water partition coefficient (Wildman–Crippen LogP) is 5.02. The highest BCUT2D eigenvalue weighted by atomic mass is 127. The van der Waals surface area contributed by atoms with E-state index in [1.165, 1.54) is 0 Å². The first kappa shape index (κ1) is 18.7. The molecule has 0 radical (unpaired) electrons. The standard InChI is InChI=1S/C21H17FIN3O2/c1-12-9-16(25-26-21(12)27)10-14-5-6-15(11-23)20(18(14)22)28-17-4-2-3-13-7-8-24-19(13)17/h2-9,24H,10-11H2,1H3,(H,26,27). The van der Waals surface area contributed by atoms with Crippen LogP contribution in [-0.2, 0) is 10.8 Å². The number of halogens is 2. The number of hydrogen-bond acceptors (Lipinski definition) is 3. The molecule has 28 heavy (non-hydrogen) atoms. The topological polar surface area (TPSA) is 70.8 Å². The average molecular weight is 489 g/mol. The van der Waals surface area contributed by atoms with Crippen molar-refractivity contribution in [1.29, 1.82) is 0 Å². The first-order valence-electron chi connectivity index (χ1n) is 8.72. The van der Waals surface area contributed by atoms with Crippen molar-refractivity contribution in [3.8, 4) is 11.5 Å². The molecule has 5 nitrogen and oxygen atoms in total. The van der Waals surface area contributed by atoms with Gasteiger partial charge in [-0.1, -0.05) is 46.9 Å². The minimum absolute atomic E-state index is 0.218. The van der Waals surface area contributed by atoms with Crippen molar-refractivity contribution in [2.24, 2.45) is 0 Å². The van der Waals surface area contributed by atoms with Gasteiger partial charge in [-0.05, 0) is 30.7 Å². The Balaban J connectivity index is 1.74. The van der Waals surface area contributed by atoms with E-state index in [1.807, 2.05) is 36.5 Å². The number of ether oxygens (including phenoxy) is 1. The maximum atomic E-state index is 15.4. The van der Waals surface area contributed by atoms with Gasteiger partial charge in [0.25, 0.3) is 5.56 Å². The maximum absolute atomic E-state index is 15.4. The van der Waals surface area contributed by atoms with Gasteiger partial charge in [0, 0.05) is 33.6 Å². The van der Waals surface area contributed by atoms with Crippen LogP contribution in [0.25, 0.3) is 10.9 Å². The zero-order valence-electron chi connectivity index (χ0n) is 15.1. The number of aromatic amines is 2. The number of nitrogens with zero attached hydrogens (tertiary/aromatic N) is 1. The Morgan fingerprint density at radius 1 is 1.18 bits per heavy atom. The highest BCUT2D eigenvalue weighted by molar-refractivity contribution is 14.1. The summed E-state index contributed by atoms with van der Waals surface area (Å²) in [6.07, 6.45) is 2.09. The van der Waals surface area contributed by atoms with Crippen molar-refractivity contribution >= 4 is 33.5 Å². The zero-order chi connectivity index (χ0) is 19.7. The van der Waals surface area contributed by atoms with Crippen molar-refractivity contribution in [1.82, 2.24) is 15.2 Å². The molecule has 4 rings (SSSR count). The summed E-state index contributed by atoms with van der Waals surface area (Å²) in [5.74, 6) is 0.376. The number of benzene rings is 2. The van der Waals surface area contributed by atoms with Gasteiger partial charge in [0.05, 0.1) is 11.2 Å². The van der Waals surface area contributed by atoms with E-state index < -0.39 is 5.82 Å². The van der Waals surface area contributed by atoms with Crippen molar-refractivity contribution in [2.75, 3.05) is 0 Å². The number of fused-ring (bicyclic) bond motifs is 1. The Labute approximate surface area is 174 Å². The van der Waals surface area contributed by atoms with Gasteiger partial charge in [-0.2, -0.15) is 5.10 Å². The molecular formula is C21H17FIN3O2. The summed E-state index contributed by atoms with van der Waals surface area (Å²) in [5.41, 5.74) is 2.95. The molecule has 0 fully saturated rings. The monoisotopic (exact) mass is 489 g/mol. The number of alkyl halides is 1. The van der Waals surface area contributed by atoms with Gasteiger partial charge in [-0.25, -0.2) is 9.49 Å². The quantitative estimate of drug-likeness (QED) is 0.306. The molecule has 7 heteroatoms. The van der Waals surface area contributed by atoms with E-state index in [0.29, 0.717) is 27.0 Å². The fourth-order valence-corrected chi connectivity index (χ4v) is 3.69. The fraction of sp³-hybridized carbons (Fsp3) is 0.143. The molecule has 0 aliphatic carbocycles. The molecule has 2 N–H and O–H groups in total. The van der Waals surface area contributed by atoms with E-state index >= 15 is 4.39 Å². The third kappa shape index (κ3) is 3.54. The average Bonchev–Trinajstić information content (AvgIpc) is 3.18. The molecule has 2 aromatic carbocycles. The summed E-state index contributed by atoms with van der Waals surface area (Å²) in [7, 11) is 0. The van der Waals surface area contributed by atoms with Gasteiger partial charge in [0.1, 0.15) is 0 Å². The molecule has 0 unspecified atom stereocenters. The summed E-state index contributed by atoms with van der Waals surface area (Å²) in [6, 6.07) is 12.9. The molecule has 0 saturated heterocycles. The van der Waals surface area contributed by atoms with Gasteiger partial charge in [-0.3, -0.25) is 4.79 Å². The van der Waals surface area contributed by atoms with E-state index in [0.717, 1.165) is 16.5 Å². The summed E-state index contributed by atoms with van der Waals surface area (Å²) in [5, 5.41) is 7.45. The van der Waals surface area contributed by atoms with E-state index in [1.54, 1.807) is 19.1 Å². The van der Waals surface area contributed by atoms with Crippen LogP contribution in [0.15, 0.2) is 53.5 Å². The first-order valence-corrected chi connectivity index (χ1v) is 10.2. The molecule has 0 aliphatic heterocycles. The molecule has 0 saturated carbocycles. The summed E-state index contributed by atoms with van der Waals surface area (Å²) < 4.78 is 22.0. The van der Waals surface area contributed by atoms with Crippen molar-refractivity contribution < 1.29 is 9.13 Å². The van der Waals surface area contributed by atoms with Crippen LogP contribution in [0.3, 0.4) is 0 Å². The molecule has 0 atom stereocenters. The second-order valence-electron chi connectivity index (χ2n) is 6.51. The largest absolute Gasteiger partial charge is 0.452 e. The number of aromatic nitrogens is 3. The Bertz CT molecular complexity index is 1220. The van der Waals surface area contributed by atoms with Gasteiger partial charge in [0.2, 0.25) is 0 Å². The summed E-state index contributed by atoms with van der Waals surface area (Å²) >= 11 is 2.19. The van der Waals surface area contributed by atoms with Crippen LogP contribution < -0.4 is 10.3 Å².